The maximum Gasteiger partial charge on any atom is 0.222 e. The second-order valence-electron chi connectivity index (χ2n) is 7.02. The van der Waals surface area contributed by atoms with E-state index in [0.29, 0.717) is 17.2 Å². The van der Waals surface area contributed by atoms with Gasteiger partial charge in [-0.05, 0) is 49.7 Å². The van der Waals surface area contributed by atoms with Gasteiger partial charge in [0.1, 0.15) is 11.6 Å². The lowest BCUT2D eigenvalue weighted by molar-refractivity contribution is -0.130. The highest BCUT2D eigenvalue weighted by molar-refractivity contribution is 6.08. The van der Waals surface area contributed by atoms with Gasteiger partial charge in [0.2, 0.25) is 5.91 Å². The van der Waals surface area contributed by atoms with Crippen molar-refractivity contribution < 1.29 is 18.7 Å². The van der Waals surface area contributed by atoms with Crippen LogP contribution in [0.1, 0.15) is 19.8 Å². The van der Waals surface area contributed by atoms with Crippen LogP contribution in [0, 0.1) is 11.6 Å². The van der Waals surface area contributed by atoms with E-state index in [2.05, 4.69) is 0 Å². The van der Waals surface area contributed by atoms with Gasteiger partial charge in [-0.15, -0.1) is 0 Å². The minimum atomic E-state index is -0.770. The molecule has 0 aliphatic carbocycles. The van der Waals surface area contributed by atoms with Gasteiger partial charge in [0.05, 0.1) is 12.6 Å². The first-order chi connectivity index (χ1) is 12.4. The second-order valence-corrected chi connectivity index (χ2v) is 7.02. The molecule has 2 heterocycles. The van der Waals surface area contributed by atoms with E-state index in [-0.39, 0.29) is 25.0 Å². The molecule has 1 saturated heterocycles. The zero-order valence-electron chi connectivity index (χ0n) is 14.5. The van der Waals surface area contributed by atoms with Crippen molar-refractivity contribution in [1.29, 1.82) is 0 Å². The van der Waals surface area contributed by atoms with Crippen molar-refractivity contribution in [2.24, 2.45) is 0 Å². The number of carbonyl (C=O) groups is 1. The van der Waals surface area contributed by atoms with Gasteiger partial charge in [-0.25, -0.2) is 8.78 Å². The first-order valence-electron chi connectivity index (χ1n) is 8.78. The molecule has 3 aromatic rings. The fourth-order valence-corrected chi connectivity index (χ4v) is 3.90. The summed E-state index contributed by atoms with van der Waals surface area (Å²) in [6.45, 7) is 2.47. The van der Waals surface area contributed by atoms with E-state index < -0.39 is 17.7 Å². The van der Waals surface area contributed by atoms with Crippen LogP contribution in [0.5, 0.6) is 0 Å². The Morgan fingerprint density at radius 1 is 1.08 bits per heavy atom. The largest absolute Gasteiger partial charge is 0.389 e. The molecule has 1 aliphatic rings. The summed E-state index contributed by atoms with van der Waals surface area (Å²) in [5, 5.41) is 11.8. The third-order valence-electron chi connectivity index (χ3n) is 5.22. The number of rotatable bonds is 4. The van der Waals surface area contributed by atoms with Crippen molar-refractivity contribution in [2.75, 3.05) is 6.54 Å². The molecule has 2 atom stereocenters. The number of likely N-dealkylation sites (tertiary alicyclic amines) is 1. The molecule has 0 saturated carbocycles. The lowest BCUT2D eigenvalue weighted by atomic mass is 10.1. The first kappa shape index (κ1) is 17.0. The summed E-state index contributed by atoms with van der Waals surface area (Å²) < 4.78 is 29.3. The Hall–Kier alpha value is -2.47. The van der Waals surface area contributed by atoms with Gasteiger partial charge in [-0.2, -0.15) is 0 Å². The van der Waals surface area contributed by atoms with Crippen LogP contribution < -0.4 is 0 Å². The third kappa shape index (κ3) is 2.84. The number of hydrogen-bond donors (Lipinski definition) is 1. The van der Waals surface area contributed by atoms with Crippen molar-refractivity contribution in [3.63, 3.8) is 0 Å². The molecule has 2 aromatic carbocycles. The van der Waals surface area contributed by atoms with E-state index in [0.717, 1.165) is 17.5 Å². The number of carbonyl (C=O) groups excluding carboxylic acids is 1. The number of benzene rings is 2. The molecule has 0 radical (unpaired) electrons. The maximum atomic E-state index is 13.7. The fraction of sp³-hybridized carbons (Fsp3) is 0.350. The van der Waals surface area contributed by atoms with Gasteiger partial charge in [-0.3, -0.25) is 4.79 Å². The Balaban J connectivity index is 1.72. The number of amides is 1. The fourth-order valence-electron chi connectivity index (χ4n) is 3.90. The SMILES string of the molecule is C[C@H]1CCC(=O)N1CC(O)Cn1c2ccc(F)cc2c2cc(F)ccc21. The molecule has 1 amide bonds. The summed E-state index contributed by atoms with van der Waals surface area (Å²) >= 11 is 0. The molecular weight excluding hydrogens is 338 g/mol. The minimum absolute atomic E-state index is 0.0583. The van der Waals surface area contributed by atoms with Crippen molar-refractivity contribution in [3.05, 3.63) is 48.0 Å². The minimum Gasteiger partial charge on any atom is -0.389 e. The zero-order chi connectivity index (χ0) is 18.4. The van der Waals surface area contributed by atoms with E-state index in [1.54, 1.807) is 17.0 Å². The van der Waals surface area contributed by atoms with Crippen molar-refractivity contribution in [3.8, 4) is 0 Å². The predicted octanol–water partition coefficient (Wildman–Crippen LogP) is 3.44. The Labute approximate surface area is 149 Å². The van der Waals surface area contributed by atoms with Crippen LogP contribution in [0.2, 0.25) is 0 Å². The Kier molecular flexibility index (Phi) is 4.15. The van der Waals surface area contributed by atoms with Crippen LogP contribution in [0.15, 0.2) is 36.4 Å². The predicted molar refractivity (Wildman–Crippen MR) is 95.8 cm³/mol. The zero-order valence-corrected chi connectivity index (χ0v) is 14.5. The van der Waals surface area contributed by atoms with E-state index in [9.17, 15) is 18.7 Å². The lowest BCUT2D eigenvalue weighted by Gasteiger charge is -2.25. The number of β-amino-alcohol motifs (C(OH)–C–C–N with tert-alkyl or cyclic N) is 1. The van der Waals surface area contributed by atoms with Gasteiger partial charge < -0.3 is 14.6 Å². The normalized spacial score (nSPS) is 19.0. The highest BCUT2D eigenvalue weighted by Gasteiger charge is 2.29. The quantitative estimate of drug-likeness (QED) is 0.777. The summed E-state index contributed by atoms with van der Waals surface area (Å²) in [5.41, 5.74) is 1.46. The molecule has 26 heavy (non-hydrogen) atoms. The molecule has 1 aromatic heterocycles. The molecular formula is C20H20F2N2O2. The number of aliphatic hydroxyl groups excluding tert-OH is 1. The van der Waals surface area contributed by atoms with Crippen molar-refractivity contribution >= 4 is 27.7 Å². The van der Waals surface area contributed by atoms with E-state index >= 15 is 0 Å². The average Bonchev–Trinajstić information content (AvgIpc) is 3.07. The summed E-state index contributed by atoms with van der Waals surface area (Å²) in [6.07, 6.45) is 0.551. The van der Waals surface area contributed by atoms with Crippen LogP contribution in [0.3, 0.4) is 0 Å². The van der Waals surface area contributed by atoms with Crippen LogP contribution >= 0.6 is 0 Å². The topological polar surface area (TPSA) is 45.5 Å². The van der Waals surface area contributed by atoms with Crippen molar-refractivity contribution in [2.45, 2.75) is 38.5 Å². The molecule has 0 spiro atoms. The van der Waals surface area contributed by atoms with Crippen LogP contribution in [0.25, 0.3) is 21.8 Å². The Bertz CT molecular complexity index is 939. The number of aliphatic hydroxyl groups is 1. The third-order valence-corrected chi connectivity index (χ3v) is 5.22. The van der Waals surface area contributed by atoms with E-state index in [4.69, 9.17) is 0 Å². The molecule has 1 unspecified atom stereocenters. The van der Waals surface area contributed by atoms with Gasteiger partial charge in [-0.1, -0.05) is 0 Å². The number of hydrogen-bond acceptors (Lipinski definition) is 2. The monoisotopic (exact) mass is 358 g/mol. The standard InChI is InChI=1S/C20H20F2N2O2/c1-12-2-7-20(26)23(12)10-15(25)11-24-18-5-3-13(21)8-16(18)17-9-14(22)4-6-19(17)24/h3-6,8-9,12,15,25H,2,7,10-11H2,1H3/t12-,15?/m0/s1. The summed E-state index contributed by atoms with van der Waals surface area (Å²) in [5.74, 6) is -0.724. The Morgan fingerprint density at radius 2 is 1.65 bits per heavy atom. The molecule has 4 rings (SSSR count). The van der Waals surface area contributed by atoms with Crippen molar-refractivity contribution in [1.82, 2.24) is 9.47 Å². The molecule has 4 nitrogen and oxygen atoms in total. The molecule has 1 aliphatic heterocycles. The molecule has 1 fully saturated rings. The number of fused-ring (bicyclic) bond motifs is 3. The van der Waals surface area contributed by atoms with Crippen LogP contribution in [-0.2, 0) is 11.3 Å². The van der Waals surface area contributed by atoms with Crippen LogP contribution in [-0.4, -0.2) is 39.2 Å². The first-order valence-corrected chi connectivity index (χ1v) is 8.78. The highest BCUT2D eigenvalue weighted by atomic mass is 19.1. The smallest absolute Gasteiger partial charge is 0.222 e. The molecule has 1 N–H and O–H groups in total. The van der Waals surface area contributed by atoms with Gasteiger partial charge >= 0.3 is 0 Å². The van der Waals surface area contributed by atoms with Gasteiger partial charge in [0, 0.05) is 40.8 Å². The molecule has 0 bridgehead atoms. The number of nitrogens with zero attached hydrogens (tertiary/aromatic N) is 2. The summed E-state index contributed by atoms with van der Waals surface area (Å²) in [7, 11) is 0. The summed E-state index contributed by atoms with van der Waals surface area (Å²) in [6, 6.07) is 8.87. The number of aromatic nitrogens is 1. The highest BCUT2D eigenvalue weighted by Crippen LogP contribution is 2.30. The van der Waals surface area contributed by atoms with Gasteiger partial charge in [0.25, 0.3) is 0 Å². The molecule has 6 heteroatoms. The number of halogens is 2. The maximum absolute atomic E-state index is 13.7. The van der Waals surface area contributed by atoms with Gasteiger partial charge in [0.15, 0.2) is 0 Å². The van der Waals surface area contributed by atoms with E-state index in [1.807, 2.05) is 11.5 Å². The van der Waals surface area contributed by atoms with Crippen LogP contribution in [0.4, 0.5) is 8.78 Å². The lowest BCUT2D eigenvalue weighted by Crippen LogP contribution is -2.39. The average molecular weight is 358 g/mol. The second kappa shape index (κ2) is 6.36. The van der Waals surface area contributed by atoms with E-state index in [1.165, 1.54) is 24.3 Å². The Morgan fingerprint density at radius 3 is 2.15 bits per heavy atom. The molecule has 136 valence electrons. The summed E-state index contributed by atoms with van der Waals surface area (Å²) in [4.78, 5) is 13.7.